The zero-order valence-electron chi connectivity index (χ0n) is 12.8. The second kappa shape index (κ2) is 8.81. The third kappa shape index (κ3) is 5.59. The Balaban J connectivity index is 2.12. The first kappa shape index (κ1) is 18.4. The van der Waals surface area contributed by atoms with Gasteiger partial charge in [0.05, 0.1) is 0 Å². The molecule has 0 N–H and O–H groups in total. The second-order valence-corrected chi connectivity index (χ2v) is 5.22. The Kier molecular flexibility index (Phi) is 6.49. The third-order valence-corrected chi connectivity index (χ3v) is 3.28. The fourth-order valence-corrected chi connectivity index (χ4v) is 2.14. The summed E-state index contributed by atoms with van der Waals surface area (Å²) < 4.78 is 34.2. The summed E-state index contributed by atoms with van der Waals surface area (Å²) in [6, 6.07) is 14.5. The number of ether oxygens (including phenoxy) is 2. The zero-order valence-corrected chi connectivity index (χ0v) is 13.5. The number of hydrogen-bond donors (Lipinski definition) is 0. The van der Waals surface area contributed by atoms with Gasteiger partial charge in [0.25, 0.3) is 0 Å². The lowest BCUT2D eigenvalue weighted by Gasteiger charge is -2.11. The number of nitrogens with zero attached hydrogens (tertiary/aromatic N) is 1. The molecule has 0 amide bonds. The molecule has 2 aromatic carbocycles. The summed E-state index contributed by atoms with van der Waals surface area (Å²) in [6.45, 7) is -3.39. The molecule has 0 saturated heterocycles. The van der Waals surface area contributed by atoms with Crippen LogP contribution in [-0.4, -0.2) is 12.6 Å². The van der Waals surface area contributed by atoms with Crippen molar-refractivity contribution in [3.05, 3.63) is 70.3 Å². The molecule has 0 spiro atoms. The average molecular weight is 364 g/mol. The molecule has 2 aromatic rings. The van der Waals surface area contributed by atoms with Gasteiger partial charge in [0.2, 0.25) is 0 Å². The molecule has 4 nitrogen and oxygen atoms in total. The van der Waals surface area contributed by atoms with Crippen molar-refractivity contribution in [3.8, 4) is 11.8 Å². The molecule has 0 saturated carbocycles. The number of alkyl halides is 2. The molecule has 0 aliphatic heterocycles. The Morgan fingerprint density at radius 1 is 1.24 bits per heavy atom. The topological polar surface area (TPSA) is 59.3 Å². The van der Waals surface area contributed by atoms with Crippen LogP contribution in [0.4, 0.5) is 8.78 Å². The van der Waals surface area contributed by atoms with Crippen molar-refractivity contribution in [2.75, 3.05) is 0 Å². The molecule has 0 aliphatic rings. The molecule has 0 aliphatic carbocycles. The number of carbonyl (C=O) groups excluding carboxylic acids is 1. The van der Waals surface area contributed by atoms with Crippen LogP contribution in [0.1, 0.15) is 11.1 Å². The first-order valence-corrected chi connectivity index (χ1v) is 7.44. The van der Waals surface area contributed by atoms with Gasteiger partial charge in [-0.2, -0.15) is 14.0 Å². The van der Waals surface area contributed by atoms with Crippen LogP contribution in [0.25, 0.3) is 6.08 Å². The normalized spacial score (nSPS) is 11.1. The first-order chi connectivity index (χ1) is 12.0. The quantitative estimate of drug-likeness (QED) is 0.428. The molecule has 0 radical (unpaired) electrons. The average Bonchev–Trinajstić information content (AvgIpc) is 2.60. The van der Waals surface area contributed by atoms with Crippen molar-refractivity contribution in [1.82, 2.24) is 0 Å². The Labute approximate surface area is 147 Å². The van der Waals surface area contributed by atoms with Crippen molar-refractivity contribution in [2.45, 2.75) is 13.2 Å². The summed E-state index contributed by atoms with van der Waals surface area (Å²) in [4.78, 5) is 12.0. The van der Waals surface area contributed by atoms with Crippen LogP contribution >= 0.6 is 11.6 Å². The second-order valence-electron chi connectivity index (χ2n) is 4.79. The summed E-state index contributed by atoms with van der Waals surface area (Å²) >= 11 is 5.82. The Bertz CT molecular complexity index is 817. The van der Waals surface area contributed by atoms with E-state index in [-0.39, 0.29) is 28.5 Å². The van der Waals surface area contributed by atoms with Crippen LogP contribution in [0, 0.1) is 11.3 Å². The van der Waals surface area contributed by atoms with Gasteiger partial charge in [0.1, 0.15) is 24.0 Å². The van der Waals surface area contributed by atoms with Crippen LogP contribution in [0.5, 0.6) is 5.75 Å². The van der Waals surface area contributed by atoms with Crippen molar-refractivity contribution in [3.63, 3.8) is 0 Å². The van der Waals surface area contributed by atoms with E-state index in [1.165, 1.54) is 24.3 Å². The number of carbonyl (C=O) groups is 1. The van der Waals surface area contributed by atoms with Crippen LogP contribution < -0.4 is 4.74 Å². The Hall–Kier alpha value is -2.91. The number of benzene rings is 2. The molecule has 2 rings (SSSR count). The van der Waals surface area contributed by atoms with E-state index in [0.717, 1.165) is 0 Å². The minimum atomic E-state index is -3.02. The Morgan fingerprint density at radius 2 is 1.96 bits per heavy atom. The molecule has 0 heterocycles. The summed E-state index contributed by atoms with van der Waals surface area (Å²) in [5, 5.41) is 9.38. The van der Waals surface area contributed by atoms with Crippen molar-refractivity contribution >= 4 is 23.6 Å². The van der Waals surface area contributed by atoms with E-state index < -0.39 is 12.6 Å². The van der Waals surface area contributed by atoms with E-state index in [1.807, 2.05) is 0 Å². The minimum absolute atomic E-state index is 0.155. The highest BCUT2D eigenvalue weighted by molar-refractivity contribution is 6.30. The third-order valence-electron chi connectivity index (χ3n) is 3.05. The van der Waals surface area contributed by atoms with Crippen LogP contribution in [0.3, 0.4) is 0 Å². The first-order valence-electron chi connectivity index (χ1n) is 7.07. The van der Waals surface area contributed by atoms with E-state index >= 15 is 0 Å². The molecule has 7 heteroatoms. The lowest BCUT2D eigenvalue weighted by atomic mass is 10.1. The van der Waals surface area contributed by atoms with Crippen molar-refractivity contribution in [2.24, 2.45) is 0 Å². The smallest absolute Gasteiger partial charge is 0.387 e. The van der Waals surface area contributed by atoms with Crippen molar-refractivity contribution < 1.29 is 23.0 Å². The summed E-state index contributed by atoms with van der Waals surface area (Å²) in [6.07, 6.45) is 1.37. The molecule has 0 unspecified atom stereocenters. The Morgan fingerprint density at radius 3 is 2.60 bits per heavy atom. The predicted molar refractivity (Wildman–Crippen MR) is 87.9 cm³/mol. The maximum absolute atomic E-state index is 12.4. The highest BCUT2D eigenvalue weighted by Crippen LogP contribution is 2.25. The van der Waals surface area contributed by atoms with Gasteiger partial charge < -0.3 is 9.47 Å². The lowest BCUT2D eigenvalue weighted by Crippen LogP contribution is -2.09. The number of halogens is 3. The minimum Gasteiger partial charge on any atom is -0.457 e. The highest BCUT2D eigenvalue weighted by atomic mass is 35.5. The van der Waals surface area contributed by atoms with Gasteiger partial charge in [-0.1, -0.05) is 41.9 Å². The predicted octanol–water partition coefficient (Wildman–Crippen LogP) is 4.59. The molecule has 128 valence electrons. The molecule has 0 atom stereocenters. The fourth-order valence-electron chi connectivity index (χ4n) is 1.95. The molecule has 0 fully saturated rings. The van der Waals surface area contributed by atoms with E-state index in [4.69, 9.17) is 21.6 Å². The van der Waals surface area contributed by atoms with Crippen molar-refractivity contribution in [1.29, 1.82) is 5.26 Å². The standard InChI is InChI=1S/C18H12ClF2NO3/c19-15-6-7-16(25-18(20)21)14(9-15)11-24-17(23)13(10-22)8-12-4-2-1-3-5-12/h1-9,18H,11H2/b13-8+. The summed E-state index contributed by atoms with van der Waals surface area (Å²) in [7, 11) is 0. The van der Waals surface area contributed by atoms with Gasteiger partial charge in [0.15, 0.2) is 0 Å². The monoisotopic (exact) mass is 363 g/mol. The molecule has 0 aromatic heterocycles. The van der Waals surface area contributed by atoms with E-state index in [9.17, 15) is 13.6 Å². The van der Waals surface area contributed by atoms with Gasteiger partial charge in [-0.3, -0.25) is 0 Å². The van der Waals surface area contributed by atoms with E-state index in [2.05, 4.69) is 4.74 Å². The largest absolute Gasteiger partial charge is 0.457 e. The van der Waals surface area contributed by atoms with E-state index in [1.54, 1.807) is 36.4 Å². The maximum Gasteiger partial charge on any atom is 0.387 e. The van der Waals surface area contributed by atoms with Gasteiger partial charge in [0, 0.05) is 10.6 Å². The van der Waals surface area contributed by atoms with Gasteiger partial charge in [-0.25, -0.2) is 4.79 Å². The van der Waals surface area contributed by atoms with Crippen LogP contribution in [0.15, 0.2) is 54.1 Å². The number of hydrogen-bond acceptors (Lipinski definition) is 4. The molecule has 0 bridgehead atoms. The number of nitriles is 1. The SMILES string of the molecule is N#C/C(=C\c1ccccc1)C(=O)OCc1cc(Cl)ccc1OC(F)F. The van der Waals surface area contributed by atoms with Crippen LogP contribution in [-0.2, 0) is 16.1 Å². The van der Waals surface area contributed by atoms with Crippen LogP contribution in [0.2, 0.25) is 5.02 Å². The number of rotatable bonds is 6. The van der Waals surface area contributed by atoms with Gasteiger partial charge in [-0.15, -0.1) is 0 Å². The van der Waals surface area contributed by atoms with Gasteiger partial charge >= 0.3 is 12.6 Å². The molecular weight excluding hydrogens is 352 g/mol. The van der Waals surface area contributed by atoms with E-state index in [0.29, 0.717) is 5.56 Å². The summed E-state index contributed by atoms with van der Waals surface area (Å²) in [5.74, 6) is -1.04. The fraction of sp³-hybridized carbons (Fsp3) is 0.111. The van der Waals surface area contributed by atoms with Gasteiger partial charge in [-0.05, 0) is 29.8 Å². The summed E-state index contributed by atoms with van der Waals surface area (Å²) in [5.41, 5.74) is 0.600. The maximum atomic E-state index is 12.4. The lowest BCUT2D eigenvalue weighted by molar-refractivity contribution is -0.139. The molecule has 25 heavy (non-hydrogen) atoms. The highest BCUT2D eigenvalue weighted by Gasteiger charge is 2.15. The molecular formula is C18H12ClF2NO3. The zero-order chi connectivity index (χ0) is 18.2. The number of esters is 1.